The molecule has 0 N–H and O–H groups in total. The zero-order valence-corrected chi connectivity index (χ0v) is 25.3. The van der Waals surface area contributed by atoms with Gasteiger partial charge in [-0.1, -0.05) is 60.7 Å². The van der Waals surface area contributed by atoms with Gasteiger partial charge in [0.2, 0.25) is 0 Å². The Labute approximate surface area is 270 Å². The van der Waals surface area contributed by atoms with E-state index in [1.807, 2.05) is 36.4 Å². The van der Waals surface area contributed by atoms with Crippen LogP contribution in [-0.4, -0.2) is 24.4 Å². The molecule has 0 aliphatic carbocycles. The summed E-state index contributed by atoms with van der Waals surface area (Å²) in [4.78, 5) is 28.1. The van der Waals surface area contributed by atoms with E-state index in [2.05, 4.69) is 87.2 Å². The van der Waals surface area contributed by atoms with E-state index in [1.165, 1.54) is 23.3 Å². The quantitative estimate of drug-likeness (QED) is 0.0967. The number of imidazole rings is 1. The molecule has 0 saturated carbocycles. The minimum absolute atomic E-state index is 0.0298. The van der Waals surface area contributed by atoms with Gasteiger partial charge in [-0.05, 0) is 71.8 Å². The number of rotatable bonds is 8. The Morgan fingerprint density at radius 3 is 1.79 bits per heavy atom. The summed E-state index contributed by atoms with van der Waals surface area (Å²) in [6.45, 7) is 1.52. The molecule has 8 nitrogen and oxygen atoms in total. The number of hydrogen-bond acceptors (Lipinski definition) is 6. The first-order valence-electron chi connectivity index (χ1n) is 15.4. The van der Waals surface area contributed by atoms with Gasteiger partial charge in [0.15, 0.2) is 0 Å². The van der Waals surface area contributed by atoms with Crippen LogP contribution in [-0.2, 0) is 13.1 Å². The number of aromatic nitrogens is 4. The van der Waals surface area contributed by atoms with Crippen molar-refractivity contribution in [3.8, 4) is 17.1 Å². The second kappa shape index (κ2) is 11.8. The second-order valence-electron chi connectivity index (χ2n) is 11.4. The van der Waals surface area contributed by atoms with Gasteiger partial charge in [0.25, 0.3) is 5.69 Å². The van der Waals surface area contributed by atoms with E-state index >= 15 is 0 Å². The van der Waals surface area contributed by atoms with E-state index in [0.717, 1.165) is 68.7 Å². The first kappa shape index (κ1) is 28.1. The van der Waals surface area contributed by atoms with Crippen molar-refractivity contribution in [3.63, 3.8) is 0 Å². The molecule has 0 atom stereocenters. The first-order valence-corrected chi connectivity index (χ1v) is 15.4. The van der Waals surface area contributed by atoms with E-state index in [-0.39, 0.29) is 10.6 Å². The van der Waals surface area contributed by atoms with E-state index in [9.17, 15) is 10.1 Å². The summed E-state index contributed by atoms with van der Waals surface area (Å²) in [5.41, 5.74) is 8.48. The number of non-ortho nitro benzene ring substituents is 1. The fourth-order valence-corrected chi connectivity index (χ4v) is 6.26. The summed E-state index contributed by atoms with van der Waals surface area (Å²) < 4.78 is 2.08. The molecule has 226 valence electrons. The van der Waals surface area contributed by atoms with Crippen molar-refractivity contribution in [2.45, 2.75) is 13.1 Å². The Balaban J connectivity index is 1.30. The molecule has 0 radical (unpaired) electrons. The minimum Gasteiger partial charge on any atom is -0.363 e. The van der Waals surface area contributed by atoms with Gasteiger partial charge in [-0.25, -0.2) is 4.98 Å². The summed E-state index contributed by atoms with van der Waals surface area (Å²) in [6, 6.07) is 43.9. The van der Waals surface area contributed by atoms with Crippen LogP contribution in [0.1, 0.15) is 11.1 Å². The average Bonchev–Trinajstić information content (AvgIpc) is 3.54. The van der Waals surface area contributed by atoms with Gasteiger partial charge in [0.1, 0.15) is 5.82 Å². The third-order valence-electron chi connectivity index (χ3n) is 8.47. The highest BCUT2D eigenvalue weighted by Gasteiger charge is 2.22. The van der Waals surface area contributed by atoms with E-state index in [4.69, 9.17) is 9.97 Å². The van der Waals surface area contributed by atoms with Crippen LogP contribution in [0.2, 0.25) is 0 Å². The summed E-state index contributed by atoms with van der Waals surface area (Å²) in [5.74, 6) is 0.722. The Morgan fingerprint density at radius 1 is 0.617 bits per heavy atom. The van der Waals surface area contributed by atoms with Crippen molar-refractivity contribution in [2.24, 2.45) is 0 Å². The number of benzene rings is 5. The molecule has 3 aromatic heterocycles. The van der Waals surface area contributed by atoms with E-state index < -0.39 is 0 Å². The van der Waals surface area contributed by atoms with Crippen LogP contribution in [0.15, 0.2) is 146 Å². The molecule has 5 aromatic carbocycles. The van der Waals surface area contributed by atoms with Crippen LogP contribution >= 0.6 is 0 Å². The predicted molar refractivity (Wildman–Crippen MR) is 187 cm³/mol. The number of nitro groups is 1. The summed E-state index contributed by atoms with van der Waals surface area (Å²) >= 11 is 0. The third-order valence-corrected chi connectivity index (χ3v) is 8.47. The second-order valence-corrected chi connectivity index (χ2v) is 11.4. The molecule has 47 heavy (non-hydrogen) atoms. The number of nitrogens with zero attached hydrogens (tertiary/aromatic N) is 6. The molecule has 0 aliphatic rings. The van der Waals surface area contributed by atoms with Crippen LogP contribution in [0.5, 0.6) is 0 Å². The van der Waals surface area contributed by atoms with Gasteiger partial charge in [0, 0.05) is 65.3 Å². The van der Waals surface area contributed by atoms with Gasteiger partial charge < -0.3 is 4.90 Å². The van der Waals surface area contributed by atoms with Crippen LogP contribution in [0, 0.1) is 10.1 Å². The average molecular weight is 613 g/mol. The number of hydrogen-bond donors (Lipinski definition) is 0. The molecule has 0 saturated heterocycles. The molecule has 0 aliphatic heterocycles. The van der Waals surface area contributed by atoms with Crippen molar-refractivity contribution in [1.29, 1.82) is 0 Å². The van der Waals surface area contributed by atoms with Crippen LogP contribution in [0.25, 0.3) is 49.9 Å². The van der Waals surface area contributed by atoms with E-state index in [0.29, 0.717) is 0 Å². The minimum atomic E-state index is -0.384. The molecular weight excluding hydrogens is 584 g/mol. The van der Waals surface area contributed by atoms with Crippen molar-refractivity contribution in [3.05, 3.63) is 167 Å². The molecule has 0 fully saturated rings. The van der Waals surface area contributed by atoms with Crippen LogP contribution in [0.3, 0.4) is 0 Å². The van der Waals surface area contributed by atoms with Gasteiger partial charge in [-0.2, -0.15) is 0 Å². The maximum absolute atomic E-state index is 11.5. The molecule has 8 heteroatoms. The first-order chi connectivity index (χ1) is 23.1. The lowest BCUT2D eigenvalue weighted by molar-refractivity contribution is -0.384. The molecule has 0 bridgehead atoms. The Morgan fingerprint density at radius 2 is 1.19 bits per heavy atom. The molecule has 3 heterocycles. The fourth-order valence-electron chi connectivity index (χ4n) is 6.26. The predicted octanol–water partition coefficient (Wildman–Crippen LogP) is 8.90. The number of pyridine rings is 2. The molecular formula is C39H28N6O2. The highest BCUT2D eigenvalue weighted by Crippen LogP contribution is 2.38. The fraction of sp³-hybridized carbons (Fsp3) is 0.0513. The van der Waals surface area contributed by atoms with Crippen LogP contribution in [0.4, 0.5) is 11.4 Å². The molecule has 8 rings (SSSR count). The Hall–Kier alpha value is -6.41. The topological polar surface area (TPSA) is 90.0 Å². The lowest BCUT2D eigenvalue weighted by Gasteiger charge is -2.25. The lowest BCUT2D eigenvalue weighted by Crippen LogP contribution is -2.22. The smallest absolute Gasteiger partial charge is 0.269 e. The largest absolute Gasteiger partial charge is 0.363 e. The molecule has 0 amide bonds. The third kappa shape index (κ3) is 5.21. The normalized spacial score (nSPS) is 11.3. The van der Waals surface area contributed by atoms with Crippen molar-refractivity contribution in [1.82, 2.24) is 19.5 Å². The number of fused-ring (bicyclic) bond motifs is 6. The van der Waals surface area contributed by atoms with Crippen LogP contribution < -0.4 is 4.90 Å². The monoisotopic (exact) mass is 612 g/mol. The highest BCUT2D eigenvalue weighted by molar-refractivity contribution is 6.21. The Bertz CT molecular complexity index is 2330. The zero-order chi connectivity index (χ0) is 31.7. The summed E-state index contributed by atoms with van der Waals surface area (Å²) in [6.07, 6.45) is 3.54. The molecule has 8 aromatic rings. The van der Waals surface area contributed by atoms with Gasteiger partial charge in [0.05, 0.1) is 27.0 Å². The lowest BCUT2D eigenvalue weighted by atomic mass is 10.1. The molecule has 0 unspecified atom stereocenters. The van der Waals surface area contributed by atoms with Gasteiger partial charge in [-0.15, -0.1) is 0 Å². The Kier molecular flexibility index (Phi) is 7.07. The SMILES string of the molecule is O=[N+]([O-])c1ccc(-n2c(-c3ccc(N(Cc4ccccc4)Cc4ccccc4)cc3)nc3c4cccnc4c4ncccc4c32)cc1. The maximum Gasteiger partial charge on any atom is 0.269 e. The van der Waals surface area contributed by atoms with Crippen molar-refractivity contribution >= 4 is 44.2 Å². The standard InChI is InChI=1S/C39H28N6O2/c46-45(47)32-21-19-31(20-22-32)44-38-34-14-8-24-41-36(34)35-33(13-7-23-40-35)37(38)42-39(44)29-15-17-30(18-16-29)43(25-27-9-3-1-4-10-27)26-28-11-5-2-6-12-28/h1-24H,25-26H2. The summed E-state index contributed by atoms with van der Waals surface area (Å²) in [7, 11) is 0. The summed E-state index contributed by atoms with van der Waals surface area (Å²) in [5, 5.41) is 13.3. The zero-order valence-electron chi connectivity index (χ0n) is 25.3. The van der Waals surface area contributed by atoms with Gasteiger partial charge >= 0.3 is 0 Å². The van der Waals surface area contributed by atoms with Crippen molar-refractivity contribution in [2.75, 3.05) is 4.90 Å². The maximum atomic E-state index is 11.5. The molecule has 0 spiro atoms. The highest BCUT2D eigenvalue weighted by atomic mass is 16.6. The van der Waals surface area contributed by atoms with E-state index in [1.54, 1.807) is 24.5 Å². The number of nitro benzene ring substituents is 1. The number of anilines is 1. The van der Waals surface area contributed by atoms with Gasteiger partial charge in [-0.3, -0.25) is 24.6 Å². The van der Waals surface area contributed by atoms with Crippen molar-refractivity contribution < 1.29 is 4.92 Å².